The first kappa shape index (κ1) is 23.4. The summed E-state index contributed by atoms with van der Waals surface area (Å²) < 4.78 is 12.2. The third-order valence-corrected chi connectivity index (χ3v) is 6.69. The van der Waals surface area contributed by atoms with Crippen molar-refractivity contribution in [3.05, 3.63) is 53.6 Å². The Kier molecular flexibility index (Phi) is 7.69. The van der Waals surface area contributed by atoms with Gasteiger partial charge in [-0.15, -0.1) is 0 Å². The molecule has 0 N–H and O–H groups in total. The molecule has 1 aliphatic rings. The maximum Gasteiger partial charge on any atom is 0.260 e. The molecule has 8 heteroatoms. The summed E-state index contributed by atoms with van der Waals surface area (Å²) >= 11 is 1.49. The van der Waals surface area contributed by atoms with Gasteiger partial charge in [0.2, 0.25) is 0 Å². The average molecular weight is 468 g/mol. The number of thiazole rings is 1. The number of hydrogen-bond acceptors (Lipinski definition) is 7. The lowest BCUT2D eigenvalue weighted by Gasteiger charge is -2.27. The van der Waals surface area contributed by atoms with E-state index in [9.17, 15) is 9.59 Å². The smallest absolute Gasteiger partial charge is 0.260 e. The van der Waals surface area contributed by atoms with E-state index in [1.807, 2.05) is 25.1 Å². The molecule has 1 aromatic heterocycles. The molecule has 0 radical (unpaired) electrons. The van der Waals surface area contributed by atoms with Crippen LogP contribution in [0.5, 0.6) is 5.75 Å². The fourth-order valence-electron chi connectivity index (χ4n) is 3.86. The van der Waals surface area contributed by atoms with E-state index in [2.05, 4.69) is 4.90 Å². The summed E-state index contributed by atoms with van der Waals surface area (Å²) in [5.74, 6) is 0.583. The van der Waals surface area contributed by atoms with Crippen molar-refractivity contribution in [1.29, 1.82) is 0 Å². The number of ketones is 1. The topological polar surface area (TPSA) is 72.0 Å². The Morgan fingerprint density at radius 1 is 1.12 bits per heavy atom. The van der Waals surface area contributed by atoms with Gasteiger partial charge < -0.3 is 9.47 Å². The third kappa shape index (κ3) is 5.58. The Bertz CT molecular complexity index is 1110. The molecule has 2 aromatic carbocycles. The number of para-hydroxylation sites is 1. The molecule has 4 rings (SSSR count). The fraction of sp³-hybridized carbons (Fsp3) is 0.400. The molecular weight excluding hydrogens is 438 g/mol. The number of Topliss-reactive ketones (excluding diaryl/α,β-unsaturated/α-hetero) is 1. The van der Waals surface area contributed by atoms with Gasteiger partial charge in [-0.3, -0.25) is 19.4 Å². The lowest BCUT2D eigenvalue weighted by Crippen LogP contribution is -2.39. The molecule has 174 valence electrons. The van der Waals surface area contributed by atoms with Crippen LogP contribution in [0.3, 0.4) is 0 Å². The number of ether oxygens (including phenoxy) is 2. The van der Waals surface area contributed by atoms with Crippen LogP contribution in [-0.2, 0) is 4.74 Å². The fourth-order valence-corrected chi connectivity index (χ4v) is 4.87. The molecule has 3 aromatic rings. The van der Waals surface area contributed by atoms with Crippen LogP contribution < -0.4 is 9.64 Å². The number of amides is 1. The zero-order valence-electron chi connectivity index (χ0n) is 19.1. The van der Waals surface area contributed by atoms with E-state index in [1.165, 1.54) is 18.3 Å². The zero-order valence-corrected chi connectivity index (χ0v) is 19.9. The number of anilines is 1. The highest BCUT2D eigenvalue weighted by atomic mass is 32.1. The van der Waals surface area contributed by atoms with Crippen LogP contribution in [0, 0.1) is 0 Å². The van der Waals surface area contributed by atoms with Crippen molar-refractivity contribution in [2.24, 2.45) is 0 Å². The van der Waals surface area contributed by atoms with Gasteiger partial charge in [0.25, 0.3) is 5.91 Å². The highest BCUT2D eigenvalue weighted by molar-refractivity contribution is 7.22. The van der Waals surface area contributed by atoms with Crippen molar-refractivity contribution in [2.45, 2.75) is 20.3 Å². The molecule has 1 amide bonds. The second-order valence-corrected chi connectivity index (χ2v) is 8.94. The Hall–Kier alpha value is -2.81. The number of morpholine rings is 1. The second kappa shape index (κ2) is 10.9. The molecule has 0 atom stereocenters. The molecule has 0 spiro atoms. The molecule has 7 nitrogen and oxygen atoms in total. The standard InChI is InChI=1S/C25H29N3O4S/c1-3-32-21-6-4-7-22-23(21)26-25(33-22)28(13-5-12-27-14-16-31-17-15-27)24(30)20-10-8-19(9-11-20)18(2)29/h4,6-11H,3,5,12-17H2,1-2H3. The molecule has 1 saturated heterocycles. The number of benzene rings is 2. The minimum Gasteiger partial charge on any atom is -0.492 e. The molecule has 1 aliphatic heterocycles. The summed E-state index contributed by atoms with van der Waals surface area (Å²) in [6.45, 7) is 8.80. The van der Waals surface area contributed by atoms with Gasteiger partial charge in [0.05, 0.1) is 24.5 Å². The van der Waals surface area contributed by atoms with Crippen LogP contribution in [-0.4, -0.2) is 67.6 Å². The van der Waals surface area contributed by atoms with Crippen LogP contribution in [0.4, 0.5) is 5.13 Å². The first-order valence-corrected chi connectivity index (χ1v) is 12.1. The summed E-state index contributed by atoms with van der Waals surface area (Å²) in [6.07, 6.45) is 0.825. The zero-order chi connectivity index (χ0) is 23.2. The highest BCUT2D eigenvalue weighted by Crippen LogP contribution is 2.35. The number of fused-ring (bicyclic) bond motifs is 1. The normalized spacial score (nSPS) is 14.4. The van der Waals surface area contributed by atoms with Crippen LogP contribution in [0.25, 0.3) is 10.2 Å². The quantitative estimate of drug-likeness (QED) is 0.438. The maximum absolute atomic E-state index is 13.5. The van der Waals surface area contributed by atoms with Crippen molar-refractivity contribution in [3.8, 4) is 5.75 Å². The van der Waals surface area contributed by atoms with Gasteiger partial charge in [0.15, 0.2) is 10.9 Å². The molecule has 0 unspecified atom stereocenters. The number of aromatic nitrogens is 1. The summed E-state index contributed by atoms with van der Waals surface area (Å²) in [7, 11) is 0. The molecule has 0 saturated carbocycles. The predicted octanol–water partition coefficient (Wildman–Crippen LogP) is 4.27. The van der Waals surface area contributed by atoms with Gasteiger partial charge in [-0.2, -0.15) is 0 Å². The highest BCUT2D eigenvalue weighted by Gasteiger charge is 2.23. The van der Waals surface area contributed by atoms with E-state index in [4.69, 9.17) is 14.5 Å². The van der Waals surface area contributed by atoms with E-state index in [0.717, 1.165) is 55.2 Å². The number of rotatable bonds is 9. The lowest BCUT2D eigenvalue weighted by molar-refractivity contribution is 0.0376. The van der Waals surface area contributed by atoms with Crippen molar-refractivity contribution >= 4 is 38.4 Å². The molecule has 1 fully saturated rings. The van der Waals surface area contributed by atoms with E-state index >= 15 is 0 Å². The van der Waals surface area contributed by atoms with Crippen molar-refractivity contribution in [2.75, 3.05) is 50.9 Å². The first-order chi connectivity index (χ1) is 16.1. The number of carbonyl (C=O) groups is 2. The van der Waals surface area contributed by atoms with Gasteiger partial charge in [-0.25, -0.2) is 4.98 Å². The summed E-state index contributed by atoms with van der Waals surface area (Å²) in [5.41, 5.74) is 1.90. The predicted molar refractivity (Wildman–Crippen MR) is 131 cm³/mol. The van der Waals surface area contributed by atoms with Crippen LogP contribution in [0.2, 0.25) is 0 Å². The summed E-state index contributed by atoms with van der Waals surface area (Å²) in [4.78, 5) is 34.1. The molecule has 0 aliphatic carbocycles. The van der Waals surface area contributed by atoms with Gasteiger partial charge in [-0.05, 0) is 44.5 Å². The molecule has 2 heterocycles. The summed E-state index contributed by atoms with van der Waals surface area (Å²) in [5, 5.41) is 0.653. The van der Waals surface area contributed by atoms with Crippen molar-refractivity contribution in [3.63, 3.8) is 0 Å². The minimum atomic E-state index is -0.121. The van der Waals surface area contributed by atoms with Gasteiger partial charge in [0, 0.05) is 37.3 Å². The Balaban J connectivity index is 1.60. The minimum absolute atomic E-state index is 0.0222. The third-order valence-electron chi connectivity index (χ3n) is 5.64. The largest absolute Gasteiger partial charge is 0.492 e. The maximum atomic E-state index is 13.5. The van der Waals surface area contributed by atoms with Gasteiger partial charge >= 0.3 is 0 Å². The average Bonchev–Trinajstić information content (AvgIpc) is 3.27. The van der Waals surface area contributed by atoms with E-state index in [0.29, 0.717) is 29.4 Å². The Labute approximate surface area is 197 Å². The SMILES string of the molecule is CCOc1cccc2sc(N(CCCN3CCOCC3)C(=O)c3ccc(C(C)=O)cc3)nc12. The Morgan fingerprint density at radius 2 is 1.85 bits per heavy atom. The first-order valence-electron chi connectivity index (χ1n) is 11.3. The monoisotopic (exact) mass is 467 g/mol. The summed E-state index contributed by atoms with van der Waals surface area (Å²) in [6, 6.07) is 12.7. The number of nitrogens with zero attached hydrogens (tertiary/aromatic N) is 3. The number of carbonyl (C=O) groups excluding carboxylic acids is 2. The van der Waals surface area contributed by atoms with E-state index in [-0.39, 0.29) is 11.7 Å². The van der Waals surface area contributed by atoms with Gasteiger partial charge in [-0.1, -0.05) is 29.5 Å². The van der Waals surface area contributed by atoms with Crippen molar-refractivity contribution in [1.82, 2.24) is 9.88 Å². The van der Waals surface area contributed by atoms with E-state index < -0.39 is 0 Å². The van der Waals surface area contributed by atoms with Crippen LogP contribution in [0.15, 0.2) is 42.5 Å². The molecular formula is C25H29N3O4S. The van der Waals surface area contributed by atoms with Crippen molar-refractivity contribution < 1.29 is 19.1 Å². The number of hydrogen-bond donors (Lipinski definition) is 0. The van der Waals surface area contributed by atoms with Gasteiger partial charge in [0.1, 0.15) is 11.3 Å². The second-order valence-electron chi connectivity index (χ2n) is 7.93. The molecule has 33 heavy (non-hydrogen) atoms. The van der Waals surface area contributed by atoms with E-state index in [1.54, 1.807) is 29.2 Å². The molecule has 0 bridgehead atoms. The lowest BCUT2D eigenvalue weighted by atomic mass is 10.1. The van der Waals surface area contributed by atoms with Crippen LogP contribution >= 0.6 is 11.3 Å². The Morgan fingerprint density at radius 3 is 2.55 bits per heavy atom. The van der Waals surface area contributed by atoms with Crippen LogP contribution in [0.1, 0.15) is 41.0 Å².